The predicted octanol–water partition coefficient (Wildman–Crippen LogP) is 5.99. The lowest BCUT2D eigenvalue weighted by molar-refractivity contribution is -0.148. The van der Waals surface area contributed by atoms with Crippen molar-refractivity contribution in [3.63, 3.8) is 0 Å². The molecule has 1 N–H and O–H groups in total. The molecule has 0 spiro atoms. The second-order valence-electron chi connectivity index (χ2n) is 11.0. The molecule has 1 saturated carbocycles. The molecule has 7 nitrogen and oxygen atoms in total. The molecule has 1 aliphatic carbocycles. The van der Waals surface area contributed by atoms with E-state index in [4.69, 9.17) is 9.72 Å². The van der Waals surface area contributed by atoms with Gasteiger partial charge in [-0.1, -0.05) is 44.2 Å². The maximum Gasteiger partial charge on any atom is 0.414 e. The van der Waals surface area contributed by atoms with Gasteiger partial charge in [0.05, 0.1) is 29.7 Å². The number of aliphatic carboxylic acids is 1. The van der Waals surface area contributed by atoms with Gasteiger partial charge in [0.15, 0.2) is 0 Å². The second-order valence-corrected chi connectivity index (χ2v) is 11.0. The number of amides is 1. The molecular formula is C29H35N3O4. The minimum atomic E-state index is -0.704. The molecule has 0 saturated heterocycles. The Balaban J connectivity index is 1.64. The van der Waals surface area contributed by atoms with Crippen molar-refractivity contribution in [2.45, 2.75) is 71.4 Å². The van der Waals surface area contributed by atoms with E-state index in [1.165, 1.54) is 12.7 Å². The average Bonchev–Trinajstić information content (AvgIpc) is 3.21. The van der Waals surface area contributed by atoms with Gasteiger partial charge in [-0.3, -0.25) is 9.69 Å². The van der Waals surface area contributed by atoms with Crippen LogP contribution in [-0.4, -0.2) is 39.9 Å². The van der Waals surface area contributed by atoms with Crippen LogP contribution in [0.5, 0.6) is 0 Å². The molecule has 5 rings (SSSR count). The molecule has 3 aromatic rings. The summed E-state index contributed by atoms with van der Waals surface area (Å²) in [6, 6.07) is 14.7. The van der Waals surface area contributed by atoms with Crippen LogP contribution in [0.15, 0.2) is 42.5 Å². The Hall–Kier alpha value is -3.35. The van der Waals surface area contributed by atoms with Gasteiger partial charge < -0.3 is 14.4 Å². The third-order valence-corrected chi connectivity index (χ3v) is 8.26. The molecule has 1 fully saturated rings. The number of carboxylic acids is 1. The Bertz CT molecular complexity index is 1300. The molecule has 2 aliphatic rings. The zero-order valence-electron chi connectivity index (χ0n) is 21.5. The first-order valence-electron chi connectivity index (χ1n) is 12.9. The standard InChI is InChI=1S/C29H35N3O4/c1-18-10-12-21-23(31(18)28(35)36-4)14-15-24-26(21)30-25(16-19-8-6-5-7-9-19)32(24)20-11-13-22(27(33)34)29(2,3)17-20/h5-9,14-15,18,20,22H,10-13,16-17H2,1-4H3,(H,33,34)/t18-,20+,22-/m0/s1. The van der Waals surface area contributed by atoms with Crippen molar-refractivity contribution < 1.29 is 19.4 Å². The minimum absolute atomic E-state index is 0.0559. The first-order chi connectivity index (χ1) is 17.2. The number of anilines is 1. The number of carbonyl (C=O) groups is 2. The SMILES string of the molecule is COC(=O)N1c2ccc3c(nc(Cc4ccccc4)n3[C@@H]3CC[C@@H](C(=O)O)C(C)(C)C3)c2CC[C@@H]1C. The summed E-state index contributed by atoms with van der Waals surface area (Å²) in [6.45, 7) is 6.20. The monoisotopic (exact) mass is 489 g/mol. The zero-order valence-corrected chi connectivity index (χ0v) is 21.5. The number of aromatic nitrogens is 2. The van der Waals surface area contributed by atoms with Gasteiger partial charge in [0.2, 0.25) is 0 Å². The van der Waals surface area contributed by atoms with E-state index in [0.717, 1.165) is 53.8 Å². The van der Waals surface area contributed by atoms with Crippen molar-refractivity contribution in [2.75, 3.05) is 12.0 Å². The van der Waals surface area contributed by atoms with Gasteiger partial charge in [-0.15, -0.1) is 0 Å². The Morgan fingerprint density at radius 3 is 2.53 bits per heavy atom. The van der Waals surface area contributed by atoms with Gasteiger partial charge in [0, 0.05) is 24.1 Å². The minimum Gasteiger partial charge on any atom is -0.481 e. The van der Waals surface area contributed by atoms with Crippen molar-refractivity contribution in [2.24, 2.45) is 11.3 Å². The Kier molecular flexibility index (Phi) is 6.27. The van der Waals surface area contributed by atoms with E-state index in [-0.39, 0.29) is 29.5 Å². The summed E-state index contributed by atoms with van der Waals surface area (Å²) < 4.78 is 7.46. The molecule has 36 heavy (non-hydrogen) atoms. The van der Waals surface area contributed by atoms with Crippen molar-refractivity contribution >= 4 is 28.8 Å². The molecular weight excluding hydrogens is 454 g/mol. The highest BCUT2D eigenvalue weighted by Gasteiger charge is 2.42. The average molecular weight is 490 g/mol. The molecule has 1 amide bonds. The van der Waals surface area contributed by atoms with E-state index in [2.05, 4.69) is 36.6 Å². The Morgan fingerprint density at radius 2 is 1.86 bits per heavy atom. The summed E-state index contributed by atoms with van der Waals surface area (Å²) in [4.78, 5) is 31.5. The van der Waals surface area contributed by atoms with E-state index >= 15 is 0 Å². The fourth-order valence-electron chi connectivity index (χ4n) is 6.41. The summed E-state index contributed by atoms with van der Waals surface area (Å²) in [5, 5.41) is 9.79. The summed E-state index contributed by atoms with van der Waals surface area (Å²) in [7, 11) is 1.42. The highest BCUT2D eigenvalue weighted by atomic mass is 16.5. The van der Waals surface area contributed by atoms with Gasteiger partial charge in [0.25, 0.3) is 0 Å². The summed E-state index contributed by atoms with van der Waals surface area (Å²) in [5.74, 6) is -0.0593. The van der Waals surface area contributed by atoms with E-state index in [0.29, 0.717) is 12.8 Å². The molecule has 1 aromatic heterocycles. The number of aryl methyl sites for hydroxylation is 1. The Labute approximate surface area is 212 Å². The largest absolute Gasteiger partial charge is 0.481 e. The summed E-state index contributed by atoms with van der Waals surface area (Å²) in [6.07, 6.45) is 4.27. The lowest BCUT2D eigenvalue weighted by Gasteiger charge is -2.41. The molecule has 190 valence electrons. The van der Waals surface area contributed by atoms with Crippen molar-refractivity contribution in [1.82, 2.24) is 9.55 Å². The number of hydrogen-bond donors (Lipinski definition) is 1. The molecule has 0 bridgehead atoms. The maximum absolute atomic E-state index is 12.6. The highest BCUT2D eigenvalue weighted by Crippen LogP contribution is 2.47. The highest BCUT2D eigenvalue weighted by molar-refractivity contribution is 5.95. The topological polar surface area (TPSA) is 84.7 Å². The van der Waals surface area contributed by atoms with Crippen molar-refractivity contribution in [1.29, 1.82) is 0 Å². The van der Waals surface area contributed by atoms with Crippen LogP contribution in [0.25, 0.3) is 11.0 Å². The first kappa shape index (κ1) is 24.3. The molecule has 0 radical (unpaired) electrons. The summed E-state index contributed by atoms with van der Waals surface area (Å²) in [5.41, 5.74) is 4.83. The third kappa shape index (κ3) is 4.14. The zero-order chi connectivity index (χ0) is 25.6. The smallest absolute Gasteiger partial charge is 0.414 e. The summed E-state index contributed by atoms with van der Waals surface area (Å²) >= 11 is 0. The number of hydrogen-bond acceptors (Lipinski definition) is 4. The van der Waals surface area contributed by atoms with Crippen molar-refractivity contribution in [3.8, 4) is 0 Å². The van der Waals surface area contributed by atoms with Crippen LogP contribution in [-0.2, 0) is 22.4 Å². The number of benzene rings is 2. The lowest BCUT2D eigenvalue weighted by Crippen LogP contribution is -2.42. The van der Waals surface area contributed by atoms with Crippen LogP contribution in [0.4, 0.5) is 10.5 Å². The van der Waals surface area contributed by atoms with Crippen LogP contribution in [0.2, 0.25) is 0 Å². The van der Waals surface area contributed by atoms with E-state index in [9.17, 15) is 14.7 Å². The lowest BCUT2D eigenvalue weighted by atomic mass is 9.67. The number of nitrogens with zero attached hydrogens (tertiary/aromatic N) is 3. The van der Waals surface area contributed by atoms with Gasteiger partial charge >= 0.3 is 12.1 Å². The maximum atomic E-state index is 12.6. The number of ether oxygens (including phenoxy) is 1. The van der Waals surface area contributed by atoms with Crippen molar-refractivity contribution in [3.05, 3.63) is 59.4 Å². The second kappa shape index (κ2) is 9.26. The van der Waals surface area contributed by atoms with Crippen LogP contribution >= 0.6 is 0 Å². The van der Waals surface area contributed by atoms with E-state index in [1.807, 2.05) is 31.2 Å². The number of methoxy groups -OCH3 is 1. The van der Waals surface area contributed by atoms with Gasteiger partial charge in [0.1, 0.15) is 5.82 Å². The fraction of sp³-hybridized carbons (Fsp3) is 0.483. The first-order valence-corrected chi connectivity index (χ1v) is 12.9. The fourth-order valence-corrected chi connectivity index (χ4v) is 6.41. The van der Waals surface area contributed by atoms with E-state index in [1.54, 1.807) is 4.90 Å². The number of imidazole rings is 1. The number of carboxylic acid groups (broad SMARTS) is 1. The Morgan fingerprint density at radius 1 is 1.11 bits per heavy atom. The number of fused-ring (bicyclic) bond motifs is 3. The predicted molar refractivity (Wildman–Crippen MR) is 139 cm³/mol. The van der Waals surface area contributed by atoms with Crippen LogP contribution in [0.3, 0.4) is 0 Å². The molecule has 2 aromatic carbocycles. The van der Waals surface area contributed by atoms with Crippen LogP contribution in [0, 0.1) is 11.3 Å². The normalized spacial score (nSPS) is 23.3. The molecule has 3 atom stereocenters. The molecule has 1 aliphatic heterocycles. The molecule has 2 heterocycles. The van der Waals surface area contributed by atoms with Crippen LogP contribution < -0.4 is 4.90 Å². The number of carbonyl (C=O) groups excluding carboxylic acids is 1. The number of rotatable bonds is 4. The van der Waals surface area contributed by atoms with E-state index < -0.39 is 5.97 Å². The molecule has 7 heteroatoms. The van der Waals surface area contributed by atoms with Gasteiger partial charge in [-0.2, -0.15) is 0 Å². The van der Waals surface area contributed by atoms with Crippen LogP contribution in [0.1, 0.15) is 69.4 Å². The quantitative estimate of drug-likeness (QED) is 0.487. The molecule has 0 unspecified atom stereocenters. The van der Waals surface area contributed by atoms with Gasteiger partial charge in [-0.05, 0) is 62.1 Å². The van der Waals surface area contributed by atoms with Gasteiger partial charge in [-0.25, -0.2) is 9.78 Å². The third-order valence-electron chi connectivity index (χ3n) is 8.26.